The van der Waals surface area contributed by atoms with E-state index in [-0.39, 0.29) is 24.1 Å². The zero-order valence-electron chi connectivity index (χ0n) is 11.8. The first-order valence-electron chi connectivity index (χ1n) is 6.20. The summed E-state index contributed by atoms with van der Waals surface area (Å²) in [6, 6.07) is 3.75. The van der Waals surface area contributed by atoms with Gasteiger partial charge in [0.25, 0.3) is 0 Å². The Labute approximate surface area is 132 Å². The van der Waals surface area contributed by atoms with Crippen LogP contribution in [0, 0.1) is 5.82 Å². The van der Waals surface area contributed by atoms with Gasteiger partial charge in [0.15, 0.2) is 0 Å². The second-order valence-corrected chi connectivity index (χ2v) is 5.49. The fraction of sp³-hybridized carbons (Fsp3) is 0.385. The normalized spacial score (nSPS) is 12.0. The van der Waals surface area contributed by atoms with Gasteiger partial charge in [-0.2, -0.15) is 11.8 Å². The molecule has 3 N–H and O–H groups in total. The number of nitrogens with two attached hydrogens (primary N) is 1. The van der Waals surface area contributed by atoms with E-state index in [9.17, 15) is 9.18 Å². The van der Waals surface area contributed by atoms with Crippen molar-refractivity contribution >= 4 is 47.1 Å². The summed E-state index contributed by atoms with van der Waals surface area (Å²) in [5.41, 5.74) is 7.05. The number of rotatable bonds is 5. The van der Waals surface area contributed by atoms with Gasteiger partial charge in [-0.25, -0.2) is 9.37 Å². The van der Waals surface area contributed by atoms with E-state index in [4.69, 9.17) is 5.73 Å². The van der Waals surface area contributed by atoms with Crippen LogP contribution in [-0.2, 0) is 11.8 Å². The van der Waals surface area contributed by atoms with Gasteiger partial charge >= 0.3 is 0 Å². The summed E-state index contributed by atoms with van der Waals surface area (Å²) in [6.45, 7) is 0. The third kappa shape index (κ3) is 4.09. The summed E-state index contributed by atoms with van der Waals surface area (Å²) in [4.78, 5) is 16.1. The average molecular weight is 333 g/mol. The number of hydrogen-bond acceptors (Lipinski definition) is 4. The molecule has 0 aliphatic heterocycles. The maximum atomic E-state index is 13.1. The number of nitrogens with zero attached hydrogens (tertiary/aromatic N) is 2. The highest BCUT2D eigenvalue weighted by Gasteiger charge is 2.16. The topological polar surface area (TPSA) is 72.9 Å². The summed E-state index contributed by atoms with van der Waals surface area (Å²) >= 11 is 1.64. The molecule has 1 aromatic heterocycles. The molecule has 1 heterocycles. The molecule has 0 aliphatic carbocycles. The van der Waals surface area contributed by atoms with Crippen molar-refractivity contribution in [3.8, 4) is 0 Å². The van der Waals surface area contributed by atoms with Crippen molar-refractivity contribution in [2.45, 2.75) is 12.5 Å². The zero-order chi connectivity index (χ0) is 14.7. The minimum Gasteiger partial charge on any atom is -0.320 e. The minimum absolute atomic E-state index is 0. The van der Waals surface area contributed by atoms with Crippen molar-refractivity contribution < 1.29 is 9.18 Å². The molecule has 0 saturated heterocycles. The van der Waals surface area contributed by atoms with E-state index in [1.54, 1.807) is 29.4 Å². The van der Waals surface area contributed by atoms with Crippen LogP contribution in [0.2, 0.25) is 0 Å². The largest absolute Gasteiger partial charge is 0.320 e. The number of nitrogens with one attached hydrogen (secondary N) is 1. The van der Waals surface area contributed by atoms with E-state index in [0.717, 1.165) is 11.3 Å². The van der Waals surface area contributed by atoms with E-state index < -0.39 is 6.04 Å². The molecule has 0 bridgehead atoms. The first-order chi connectivity index (χ1) is 9.52. The van der Waals surface area contributed by atoms with Crippen LogP contribution >= 0.6 is 24.2 Å². The maximum absolute atomic E-state index is 13.1. The van der Waals surface area contributed by atoms with Crippen LogP contribution < -0.4 is 11.1 Å². The van der Waals surface area contributed by atoms with Crippen LogP contribution in [0.5, 0.6) is 0 Å². The van der Waals surface area contributed by atoms with Crippen molar-refractivity contribution in [1.29, 1.82) is 0 Å². The number of imidazole rings is 1. The molecular weight excluding hydrogens is 315 g/mol. The van der Waals surface area contributed by atoms with E-state index in [1.165, 1.54) is 12.1 Å². The Hall–Kier alpha value is -1.31. The number of aromatic nitrogens is 2. The lowest BCUT2D eigenvalue weighted by Crippen LogP contribution is -2.36. The van der Waals surface area contributed by atoms with Gasteiger partial charge < -0.3 is 10.3 Å². The highest BCUT2D eigenvalue weighted by Crippen LogP contribution is 2.19. The van der Waals surface area contributed by atoms with Crippen LogP contribution in [-0.4, -0.2) is 33.5 Å². The molecule has 1 aromatic carbocycles. The number of thioether (sulfide) groups is 1. The predicted molar refractivity (Wildman–Crippen MR) is 87.5 cm³/mol. The lowest BCUT2D eigenvalue weighted by molar-refractivity contribution is -0.117. The van der Waals surface area contributed by atoms with Crippen LogP contribution in [0.15, 0.2) is 18.2 Å². The molecule has 2 aromatic rings. The lowest BCUT2D eigenvalue weighted by Gasteiger charge is -2.11. The van der Waals surface area contributed by atoms with Crippen LogP contribution in [0.25, 0.3) is 11.0 Å². The Morgan fingerprint density at radius 2 is 2.29 bits per heavy atom. The molecule has 0 fully saturated rings. The minimum atomic E-state index is -0.570. The number of anilines is 1. The van der Waals surface area contributed by atoms with Crippen LogP contribution in [0.3, 0.4) is 0 Å². The standard InChI is InChI=1S/C13H17FN4OS.ClH/c1-18-11-4-3-8(14)7-10(11)16-13(18)17-12(19)9(15)5-6-20-2;/h3-4,7,9H,5-6,15H2,1-2H3,(H,16,17,19);1H/t9-;/m0./s1. The van der Waals surface area contributed by atoms with Gasteiger partial charge in [0, 0.05) is 13.1 Å². The molecule has 1 amide bonds. The molecule has 116 valence electrons. The Morgan fingerprint density at radius 3 is 2.95 bits per heavy atom. The number of fused-ring (bicyclic) bond motifs is 1. The molecule has 2 rings (SSSR count). The Bertz CT molecular complexity index is 634. The molecule has 0 radical (unpaired) electrons. The van der Waals surface area contributed by atoms with E-state index in [0.29, 0.717) is 17.9 Å². The van der Waals surface area contributed by atoms with Crippen molar-refractivity contribution in [1.82, 2.24) is 9.55 Å². The van der Waals surface area contributed by atoms with E-state index in [2.05, 4.69) is 10.3 Å². The molecular formula is C13H18ClFN4OS. The average Bonchev–Trinajstić information content (AvgIpc) is 2.72. The quantitative estimate of drug-likeness (QED) is 0.880. The fourth-order valence-corrected chi connectivity index (χ4v) is 2.35. The molecule has 0 spiro atoms. The van der Waals surface area contributed by atoms with Gasteiger partial charge in [-0.1, -0.05) is 0 Å². The number of amides is 1. The third-order valence-corrected chi connectivity index (χ3v) is 3.69. The Kier molecular flexibility index (Phi) is 6.44. The number of hydrogen-bond donors (Lipinski definition) is 2. The predicted octanol–water partition coefficient (Wildman–Crippen LogP) is 2.15. The maximum Gasteiger partial charge on any atom is 0.243 e. The molecule has 8 heteroatoms. The van der Waals surface area contributed by atoms with Gasteiger partial charge in [0.2, 0.25) is 11.9 Å². The number of halogens is 2. The molecule has 0 aliphatic rings. The van der Waals surface area contributed by atoms with Gasteiger partial charge in [-0.15, -0.1) is 12.4 Å². The van der Waals surface area contributed by atoms with Gasteiger partial charge in [-0.05, 0) is 30.6 Å². The lowest BCUT2D eigenvalue weighted by atomic mass is 10.2. The van der Waals surface area contributed by atoms with Crippen molar-refractivity contribution in [3.05, 3.63) is 24.0 Å². The van der Waals surface area contributed by atoms with Crippen LogP contribution in [0.1, 0.15) is 6.42 Å². The smallest absolute Gasteiger partial charge is 0.243 e. The summed E-state index contributed by atoms with van der Waals surface area (Å²) < 4.78 is 14.9. The van der Waals surface area contributed by atoms with Gasteiger partial charge in [0.1, 0.15) is 5.82 Å². The Balaban J connectivity index is 0.00000220. The van der Waals surface area contributed by atoms with Gasteiger partial charge in [-0.3, -0.25) is 10.1 Å². The fourth-order valence-electron chi connectivity index (χ4n) is 1.86. The summed E-state index contributed by atoms with van der Waals surface area (Å²) in [5, 5.41) is 2.68. The van der Waals surface area contributed by atoms with Crippen molar-refractivity contribution in [2.24, 2.45) is 12.8 Å². The number of aryl methyl sites for hydroxylation is 1. The second kappa shape index (κ2) is 7.63. The summed E-state index contributed by atoms with van der Waals surface area (Å²) in [6.07, 6.45) is 2.57. The highest BCUT2D eigenvalue weighted by atomic mass is 35.5. The molecule has 21 heavy (non-hydrogen) atoms. The molecule has 5 nitrogen and oxygen atoms in total. The molecule has 0 unspecified atom stereocenters. The number of carbonyl (C=O) groups is 1. The first-order valence-corrected chi connectivity index (χ1v) is 7.59. The second-order valence-electron chi connectivity index (χ2n) is 4.50. The third-order valence-electron chi connectivity index (χ3n) is 3.05. The van der Waals surface area contributed by atoms with Gasteiger partial charge in [0.05, 0.1) is 17.1 Å². The Morgan fingerprint density at radius 1 is 1.57 bits per heavy atom. The zero-order valence-corrected chi connectivity index (χ0v) is 13.4. The van der Waals surface area contributed by atoms with E-state index >= 15 is 0 Å². The number of benzene rings is 1. The SMILES string of the molecule is CSCC[C@H](N)C(=O)Nc1nc2cc(F)ccc2n1C.Cl. The highest BCUT2D eigenvalue weighted by molar-refractivity contribution is 7.98. The molecule has 0 saturated carbocycles. The first kappa shape index (κ1) is 17.7. The molecule has 1 atom stereocenters. The van der Waals surface area contributed by atoms with Crippen molar-refractivity contribution in [2.75, 3.05) is 17.3 Å². The summed E-state index contributed by atoms with van der Waals surface area (Å²) in [5.74, 6) is 0.556. The number of carbonyl (C=O) groups excluding carboxylic acids is 1. The van der Waals surface area contributed by atoms with E-state index in [1.807, 2.05) is 6.26 Å². The van der Waals surface area contributed by atoms with Crippen LogP contribution in [0.4, 0.5) is 10.3 Å². The summed E-state index contributed by atoms with van der Waals surface area (Å²) in [7, 11) is 1.76. The van der Waals surface area contributed by atoms with Crippen molar-refractivity contribution in [3.63, 3.8) is 0 Å². The monoisotopic (exact) mass is 332 g/mol.